The van der Waals surface area contributed by atoms with E-state index in [-0.39, 0.29) is 11.9 Å². The molecular weight excluding hydrogens is 202 g/mol. The first kappa shape index (κ1) is 11.2. The number of aromatic amines is 1. The molecule has 1 atom stereocenters. The highest BCUT2D eigenvalue weighted by molar-refractivity contribution is 5.92. The number of amides is 1. The number of hydrogen-bond donors (Lipinski definition) is 2. The molecule has 0 aromatic carbocycles. The van der Waals surface area contributed by atoms with Crippen LogP contribution in [0.5, 0.6) is 0 Å². The zero-order valence-corrected chi connectivity index (χ0v) is 10.1. The quantitative estimate of drug-likeness (QED) is 0.817. The molecule has 0 saturated heterocycles. The highest BCUT2D eigenvalue weighted by atomic mass is 16.2. The van der Waals surface area contributed by atoms with Crippen LogP contribution in [0.25, 0.3) is 0 Å². The molecule has 1 saturated carbocycles. The predicted molar refractivity (Wildman–Crippen MR) is 62.3 cm³/mol. The molecule has 88 valence electrons. The van der Waals surface area contributed by atoms with Gasteiger partial charge in [-0.15, -0.1) is 0 Å². The van der Waals surface area contributed by atoms with Crippen LogP contribution >= 0.6 is 0 Å². The van der Waals surface area contributed by atoms with E-state index in [9.17, 15) is 4.79 Å². The summed E-state index contributed by atoms with van der Waals surface area (Å²) in [6, 6.07) is 2.05. The van der Waals surface area contributed by atoms with Crippen molar-refractivity contribution in [2.24, 2.45) is 5.92 Å². The fourth-order valence-corrected chi connectivity index (χ4v) is 1.50. The standard InChI is InChI=1S/C12H19N3O/c1-7(2)8(3)13-12(16)11-6-10(14-15-11)9-4-5-9/h6-9H,4-5H2,1-3H3,(H,13,16)(H,14,15). The second-order valence-corrected chi connectivity index (χ2v) is 4.99. The van der Waals surface area contributed by atoms with Gasteiger partial charge in [0.1, 0.15) is 5.69 Å². The second kappa shape index (κ2) is 4.28. The molecule has 4 heteroatoms. The Labute approximate surface area is 95.8 Å². The molecule has 1 aromatic heterocycles. The lowest BCUT2D eigenvalue weighted by atomic mass is 10.1. The smallest absolute Gasteiger partial charge is 0.271 e. The lowest BCUT2D eigenvalue weighted by Gasteiger charge is -2.16. The van der Waals surface area contributed by atoms with Gasteiger partial charge < -0.3 is 5.32 Å². The van der Waals surface area contributed by atoms with Crippen molar-refractivity contribution in [3.05, 3.63) is 17.5 Å². The fraction of sp³-hybridized carbons (Fsp3) is 0.667. The van der Waals surface area contributed by atoms with Gasteiger partial charge in [-0.3, -0.25) is 9.89 Å². The van der Waals surface area contributed by atoms with Crippen molar-refractivity contribution < 1.29 is 4.79 Å². The molecule has 4 nitrogen and oxygen atoms in total. The molecule has 16 heavy (non-hydrogen) atoms. The van der Waals surface area contributed by atoms with Crippen LogP contribution in [0.15, 0.2) is 6.07 Å². The van der Waals surface area contributed by atoms with E-state index in [4.69, 9.17) is 0 Å². The first-order chi connectivity index (χ1) is 7.58. The van der Waals surface area contributed by atoms with Crippen molar-refractivity contribution in [2.75, 3.05) is 0 Å². The predicted octanol–water partition coefficient (Wildman–Crippen LogP) is 2.06. The Hall–Kier alpha value is -1.32. The first-order valence-electron chi connectivity index (χ1n) is 5.94. The molecule has 1 aliphatic rings. The van der Waals surface area contributed by atoms with Gasteiger partial charge in [0.15, 0.2) is 0 Å². The van der Waals surface area contributed by atoms with Crippen LogP contribution in [0.2, 0.25) is 0 Å². The maximum Gasteiger partial charge on any atom is 0.271 e. The minimum absolute atomic E-state index is 0.0793. The van der Waals surface area contributed by atoms with Gasteiger partial charge in [-0.25, -0.2) is 0 Å². The topological polar surface area (TPSA) is 57.8 Å². The molecule has 1 fully saturated rings. The third-order valence-corrected chi connectivity index (χ3v) is 3.21. The van der Waals surface area contributed by atoms with Crippen molar-refractivity contribution in [1.82, 2.24) is 15.5 Å². The molecule has 1 aromatic rings. The van der Waals surface area contributed by atoms with E-state index in [1.165, 1.54) is 12.8 Å². The maximum absolute atomic E-state index is 11.8. The van der Waals surface area contributed by atoms with E-state index in [1.54, 1.807) is 0 Å². The molecular formula is C12H19N3O. The van der Waals surface area contributed by atoms with E-state index in [2.05, 4.69) is 29.4 Å². The maximum atomic E-state index is 11.8. The second-order valence-electron chi connectivity index (χ2n) is 4.99. The summed E-state index contributed by atoms with van der Waals surface area (Å²) in [6.07, 6.45) is 2.43. The Bertz CT molecular complexity index is 379. The Balaban J connectivity index is 1.97. The molecule has 1 heterocycles. The van der Waals surface area contributed by atoms with Gasteiger partial charge >= 0.3 is 0 Å². The van der Waals surface area contributed by atoms with Crippen LogP contribution in [-0.4, -0.2) is 22.1 Å². The molecule has 1 unspecified atom stereocenters. The molecule has 0 bridgehead atoms. The number of carbonyl (C=O) groups is 1. The van der Waals surface area contributed by atoms with Crippen LogP contribution in [0.1, 0.15) is 55.7 Å². The number of rotatable bonds is 4. The van der Waals surface area contributed by atoms with Gasteiger partial charge in [0.2, 0.25) is 0 Å². The summed E-state index contributed by atoms with van der Waals surface area (Å²) in [7, 11) is 0. The van der Waals surface area contributed by atoms with E-state index >= 15 is 0 Å². The van der Waals surface area contributed by atoms with Gasteiger partial charge in [0, 0.05) is 17.7 Å². The van der Waals surface area contributed by atoms with E-state index < -0.39 is 0 Å². The first-order valence-corrected chi connectivity index (χ1v) is 5.94. The van der Waals surface area contributed by atoms with E-state index in [0.29, 0.717) is 17.5 Å². The summed E-state index contributed by atoms with van der Waals surface area (Å²) in [4.78, 5) is 11.8. The number of aromatic nitrogens is 2. The van der Waals surface area contributed by atoms with Crippen molar-refractivity contribution in [2.45, 2.75) is 45.6 Å². The van der Waals surface area contributed by atoms with Gasteiger partial charge in [0.25, 0.3) is 5.91 Å². The third-order valence-electron chi connectivity index (χ3n) is 3.21. The fourth-order valence-electron chi connectivity index (χ4n) is 1.50. The number of H-pyrrole nitrogens is 1. The van der Waals surface area contributed by atoms with Crippen molar-refractivity contribution in [3.8, 4) is 0 Å². The van der Waals surface area contributed by atoms with Crippen LogP contribution < -0.4 is 5.32 Å². The Morgan fingerprint density at radius 1 is 1.50 bits per heavy atom. The van der Waals surface area contributed by atoms with Crippen LogP contribution in [0.3, 0.4) is 0 Å². The van der Waals surface area contributed by atoms with Gasteiger partial charge in [-0.05, 0) is 31.7 Å². The average molecular weight is 221 g/mol. The summed E-state index contributed by atoms with van der Waals surface area (Å²) < 4.78 is 0. The van der Waals surface area contributed by atoms with Crippen LogP contribution in [-0.2, 0) is 0 Å². The molecule has 2 rings (SSSR count). The molecule has 1 aliphatic carbocycles. The van der Waals surface area contributed by atoms with Crippen molar-refractivity contribution >= 4 is 5.91 Å². The van der Waals surface area contributed by atoms with Crippen molar-refractivity contribution in [1.29, 1.82) is 0 Å². The number of nitrogens with one attached hydrogen (secondary N) is 2. The average Bonchev–Trinajstić information content (AvgIpc) is 2.96. The summed E-state index contributed by atoms with van der Waals surface area (Å²) in [5.41, 5.74) is 1.61. The normalized spacial score (nSPS) is 17.5. The SMILES string of the molecule is CC(C)C(C)NC(=O)c1cc(C2CC2)[nH]n1. The molecule has 2 N–H and O–H groups in total. The lowest BCUT2D eigenvalue weighted by Crippen LogP contribution is -2.36. The summed E-state index contributed by atoms with van der Waals surface area (Å²) in [6.45, 7) is 6.19. The van der Waals surface area contributed by atoms with E-state index in [1.807, 2.05) is 13.0 Å². The highest BCUT2D eigenvalue weighted by Crippen LogP contribution is 2.38. The Kier molecular flexibility index (Phi) is 2.99. The molecule has 1 amide bonds. The molecule has 0 radical (unpaired) electrons. The number of carbonyl (C=O) groups excluding carboxylic acids is 1. The zero-order chi connectivity index (χ0) is 11.7. The third kappa shape index (κ3) is 2.43. The Morgan fingerprint density at radius 3 is 2.75 bits per heavy atom. The van der Waals surface area contributed by atoms with E-state index in [0.717, 1.165) is 5.69 Å². The largest absolute Gasteiger partial charge is 0.348 e. The highest BCUT2D eigenvalue weighted by Gasteiger charge is 2.26. The summed E-state index contributed by atoms with van der Waals surface area (Å²) in [5.74, 6) is 0.965. The number of hydrogen-bond acceptors (Lipinski definition) is 2. The number of nitrogens with zero attached hydrogens (tertiary/aromatic N) is 1. The zero-order valence-electron chi connectivity index (χ0n) is 10.1. The van der Waals surface area contributed by atoms with Gasteiger partial charge in [-0.1, -0.05) is 13.8 Å². The molecule has 0 aliphatic heterocycles. The Morgan fingerprint density at radius 2 is 2.19 bits per heavy atom. The minimum Gasteiger partial charge on any atom is -0.348 e. The van der Waals surface area contributed by atoms with Crippen LogP contribution in [0.4, 0.5) is 0 Å². The molecule has 0 spiro atoms. The van der Waals surface area contributed by atoms with Crippen molar-refractivity contribution in [3.63, 3.8) is 0 Å². The lowest BCUT2D eigenvalue weighted by molar-refractivity contribution is 0.0925. The summed E-state index contributed by atoms with van der Waals surface area (Å²) >= 11 is 0. The summed E-state index contributed by atoms with van der Waals surface area (Å²) in [5, 5.41) is 9.94. The van der Waals surface area contributed by atoms with Gasteiger partial charge in [-0.2, -0.15) is 5.10 Å². The minimum atomic E-state index is -0.0793. The van der Waals surface area contributed by atoms with Gasteiger partial charge in [0.05, 0.1) is 0 Å². The monoisotopic (exact) mass is 221 g/mol. The van der Waals surface area contributed by atoms with Crippen LogP contribution in [0, 0.1) is 5.92 Å².